The third kappa shape index (κ3) is 3.39. The maximum atomic E-state index is 13.6. The lowest BCUT2D eigenvalue weighted by Crippen LogP contribution is -1.97. The van der Waals surface area contributed by atoms with Crippen molar-refractivity contribution in [3.8, 4) is 11.5 Å². The number of aliphatic hydroxyl groups is 1. The molecule has 2 aromatic carbocycles. The predicted octanol–water partition coefficient (Wildman–Crippen LogP) is 4.54. The highest BCUT2D eigenvalue weighted by Crippen LogP contribution is 2.40. The molecule has 0 unspecified atom stereocenters. The average molecular weight is 421 g/mol. The Morgan fingerprint density at radius 1 is 1.29 bits per heavy atom. The Kier molecular flexibility index (Phi) is 4.92. The van der Waals surface area contributed by atoms with Gasteiger partial charge >= 0.3 is 0 Å². The van der Waals surface area contributed by atoms with E-state index in [0.29, 0.717) is 8.95 Å². The second-order valence-corrected chi connectivity index (χ2v) is 5.68. The summed E-state index contributed by atoms with van der Waals surface area (Å²) in [6.45, 7) is -0.524. The minimum absolute atomic E-state index is 0.00894. The van der Waals surface area contributed by atoms with Crippen LogP contribution < -0.4 is 4.74 Å². The summed E-state index contributed by atoms with van der Waals surface area (Å²) < 4.78 is 19.8. The van der Waals surface area contributed by atoms with Crippen LogP contribution in [0, 0.1) is 15.9 Å². The van der Waals surface area contributed by atoms with Crippen LogP contribution >= 0.6 is 31.9 Å². The zero-order valence-corrected chi connectivity index (χ0v) is 13.5. The van der Waals surface area contributed by atoms with Gasteiger partial charge in [-0.3, -0.25) is 10.1 Å². The summed E-state index contributed by atoms with van der Waals surface area (Å²) in [6.07, 6.45) is 0. The molecule has 0 spiro atoms. The first-order valence-electron chi connectivity index (χ1n) is 5.63. The van der Waals surface area contributed by atoms with Gasteiger partial charge in [-0.25, -0.2) is 4.39 Å². The number of aliphatic hydroxyl groups excluding tert-OH is 1. The Labute approximate surface area is 135 Å². The smallest absolute Gasteiger partial charge is 0.271 e. The van der Waals surface area contributed by atoms with E-state index in [9.17, 15) is 19.6 Å². The van der Waals surface area contributed by atoms with Gasteiger partial charge in [0.05, 0.1) is 26.0 Å². The fraction of sp³-hybridized carbons (Fsp3) is 0.0769. The predicted molar refractivity (Wildman–Crippen MR) is 80.9 cm³/mol. The highest BCUT2D eigenvalue weighted by molar-refractivity contribution is 9.11. The van der Waals surface area contributed by atoms with Gasteiger partial charge in [0.15, 0.2) is 5.75 Å². The monoisotopic (exact) mass is 419 g/mol. The maximum absolute atomic E-state index is 13.6. The number of nitrogens with zero attached hydrogens (tertiary/aromatic N) is 1. The molecule has 1 N–H and O–H groups in total. The van der Waals surface area contributed by atoms with E-state index in [2.05, 4.69) is 31.9 Å². The Morgan fingerprint density at radius 3 is 2.43 bits per heavy atom. The van der Waals surface area contributed by atoms with Crippen LogP contribution in [-0.4, -0.2) is 10.0 Å². The number of hydrogen-bond acceptors (Lipinski definition) is 4. The van der Waals surface area contributed by atoms with Gasteiger partial charge in [0.1, 0.15) is 11.6 Å². The average Bonchev–Trinajstić information content (AvgIpc) is 2.42. The first-order chi connectivity index (χ1) is 9.93. The second kappa shape index (κ2) is 6.50. The standard InChI is InChI=1S/C13H8Br2FNO4/c14-9-4-7(17(19)20)5-10(15)13(9)21-12-3-1-2-11(16)8(12)6-18/h1-5,18H,6H2. The summed E-state index contributed by atoms with van der Waals surface area (Å²) >= 11 is 6.35. The Hall–Kier alpha value is -1.51. The van der Waals surface area contributed by atoms with E-state index in [4.69, 9.17) is 4.74 Å². The first-order valence-corrected chi connectivity index (χ1v) is 7.22. The van der Waals surface area contributed by atoms with Gasteiger partial charge < -0.3 is 9.84 Å². The van der Waals surface area contributed by atoms with Crippen molar-refractivity contribution in [2.75, 3.05) is 0 Å². The Bertz CT molecular complexity index is 686. The number of halogens is 3. The van der Waals surface area contributed by atoms with Gasteiger partial charge in [-0.1, -0.05) is 6.07 Å². The molecule has 5 nitrogen and oxygen atoms in total. The first kappa shape index (κ1) is 15.9. The van der Waals surface area contributed by atoms with Crippen LogP contribution in [0.5, 0.6) is 11.5 Å². The molecule has 0 radical (unpaired) electrons. The van der Waals surface area contributed by atoms with Crippen molar-refractivity contribution >= 4 is 37.5 Å². The summed E-state index contributed by atoms with van der Waals surface area (Å²) in [7, 11) is 0. The number of hydrogen-bond donors (Lipinski definition) is 1. The number of nitro groups is 1. The van der Waals surface area contributed by atoms with Gasteiger partial charge in [-0.05, 0) is 44.0 Å². The molecule has 0 saturated carbocycles. The third-order valence-corrected chi connectivity index (χ3v) is 3.82. The maximum Gasteiger partial charge on any atom is 0.271 e. The minimum Gasteiger partial charge on any atom is -0.454 e. The van der Waals surface area contributed by atoms with Gasteiger partial charge in [-0.15, -0.1) is 0 Å². The molecule has 0 aromatic heterocycles. The molecule has 0 amide bonds. The molecule has 0 aliphatic heterocycles. The minimum atomic E-state index is -0.593. The van der Waals surface area contributed by atoms with Crippen molar-refractivity contribution in [3.63, 3.8) is 0 Å². The fourth-order valence-corrected chi connectivity index (χ4v) is 2.97. The van der Waals surface area contributed by atoms with Crippen LogP contribution in [-0.2, 0) is 6.61 Å². The molecule has 0 fully saturated rings. The highest BCUT2D eigenvalue weighted by atomic mass is 79.9. The van der Waals surface area contributed by atoms with E-state index in [1.165, 1.54) is 30.3 Å². The van der Waals surface area contributed by atoms with Crippen molar-refractivity contribution in [1.82, 2.24) is 0 Å². The number of non-ortho nitro benzene ring substituents is 1. The molecule has 0 saturated heterocycles. The molecular formula is C13H8Br2FNO4. The topological polar surface area (TPSA) is 72.6 Å². The molecule has 2 aromatic rings. The number of benzene rings is 2. The molecule has 2 rings (SSSR count). The third-order valence-electron chi connectivity index (χ3n) is 2.64. The van der Waals surface area contributed by atoms with Gasteiger partial charge in [0, 0.05) is 12.1 Å². The van der Waals surface area contributed by atoms with Gasteiger partial charge in [-0.2, -0.15) is 0 Å². The van der Waals surface area contributed by atoms with E-state index >= 15 is 0 Å². The number of rotatable bonds is 4. The molecular weight excluding hydrogens is 413 g/mol. The van der Waals surface area contributed by atoms with E-state index in [1.807, 2.05) is 0 Å². The van der Waals surface area contributed by atoms with Crippen LogP contribution in [0.15, 0.2) is 39.3 Å². The largest absolute Gasteiger partial charge is 0.454 e. The van der Waals surface area contributed by atoms with Crippen LogP contribution in [0.1, 0.15) is 5.56 Å². The lowest BCUT2D eigenvalue weighted by molar-refractivity contribution is -0.385. The lowest BCUT2D eigenvalue weighted by Gasteiger charge is -2.13. The summed E-state index contributed by atoms with van der Waals surface area (Å²) in [5, 5.41) is 20.0. The molecule has 0 aliphatic carbocycles. The summed E-state index contributed by atoms with van der Waals surface area (Å²) in [5.74, 6) is -0.210. The molecule has 8 heteroatoms. The summed E-state index contributed by atoms with van der Waals surface area (Å²) in [5.41, 5.74) is -0.114. The molecule has 0 heterocycles. The lowest BCUT2D eigenvalue weighted by atomic mass is 10.2. The van der Waals surface area contributed by atoms with Crippen LogP contribution in [0.2, 0.25) is 0 Å². The van der Waals surface area contributed by atoms with Crippen LogP contribution in [0.3, 0.4) is 0 Å². The quantitative estimate of drug-likeness (QED) is 0.582. The molecule has 0 aliphatic rings. The van der Waals surface area contributed by atoms with Crippen molar-refractivity contribution in [3.05, 3.63) is 60.8 Å². The Morgan fingerprint density at radius 2 is 1.90 bits per heavy atom. The van der Waals surface area contributed by atoms with Gasteiger partial charge in [0.25, 0.3) is 5.69 Å². The van der Waals surface area contributed by atoms with Crippen LogP contribution in [0.4, 0.5) is 10.1 Å². The van der Waals surface area contributed by atoms with Crippen LogP contribution in [0.25, 0.3) is 0 Å². The van der Waals surface area contributed by atoms with E-state index in [1.54, 1.807) is 0 Å². The number of nitro benzene ring substituents is 1. The molecule has 0 bridgehead atoms. The molecule has 21 heavy (non-hydrogen) atoms. The highest BCUT2D eigenvalue weighted by Gasteiger charge is 2.17. The van der Waals surface area contributed by atoms with Crippen molar-refractivity contribution < 1.29 is 19.2 Å². The summed E-state index contributed by atoms with van der Waals surface area (Å²) in [6, 6.07) is 6.69. The second-order valence-electron chi connectivity index (χ2n) is 3.97. The number of ether oxygens (including phenoxy) is 1. The summed E-state index contributed by atoms with van der Waals surface area (Å²) in [4.78, 5) is 10.2. The van der Waals surface area contributed by atoms with Crippen molar-refractivity contribution in [1.29, 1.82) is 0 Å². The van der Waals surface area contributed by atoms with E-state index in [-0.39, 0.29) is 22.7 Å². The SMILES string of the molecule is O=[N+]([O-])c1cc(Br)c(Oc2cccc(F)c2CO)c(Br)c1. The molecule has 110 valence electrons. The normalized spacial score (nSPS) is 10.5. The Balaban J connectivity index is 2.45. The van der Waals surface area contributed by atoms with Crippen molar-refractivity contribution in [2.24, 2.45) is 0 Å². The van der Waals surface area contributed by atoms with E-state index in [0.717, 1.165) is 0 Å². The zero-order valence-electron chi connectivity index (χ0n) is 10.3. The zero-order chi connectivity index (χ0) is 15.6. The van der Waals surface area contributed by atoms with Gasteiger partial charge in [0.2, 0.25) is 0 Å². The van der Waals surface area contributed by atoms with E-state index < -0.39 is 17.3 Å². The van der Waals surface area contributed by atoms with Crippen molar-refractivity contribution in [2.45, 2.75) is 6.61 Å². The molecule has 0 atom stereocenters. The fourth-order valence-electron chi connectivity index (χ4n) is 1.65.